The zero-order chi connectivity index (χ0) is 19.8. The molecule has 4 rings (SSSR count). The van der Waals surface area contributed by atoms with Gasteiger partial charge in [0.1, 0.15) is 5.54 Å². The second-order valence-electron chi connectivity index (χ2n) is 6.82. The first-order chi connectivity index (χ1) is 14.4. The van der Waals surface area contributed by atoms with Gasteiger partial charge < -0.3 is 0 Å². The molecule has 0 N–H and O–H groups in total. The van der Waals surface area contributed by atoms with E-state index in [1.54, 1.807) is 0 Å². The van der Waals surface area contributed by atoms with Gasteiger partial charge in [-0.05, 0) is 22.3 Å². The second kappa shape index (κ2) is 8.97. The molecule has 140 valence electrons. The summed E-state index contributed by atoms with van der Waals surface area (Å²) in [6, 6.07) is 44.2. The van der Waals surface area contributed by atoms with Gasteiger partial charge in [0.05, 0.1) is 12.6 Å². The van der Waals surface area contributed by atoms with Crippen LogP contribution in [0.2, 0.25) is 0 Å². The van der Waals surface area contributed by atoms with Crippen LogP contribution < -0.4 is 0 Å². The van der Waals surface area contributed by atoms with Gasteiger partial charge in [0.25, 0.3) is 0 Å². The van der Waals surface area contributed by atoms with E-state index in [2.05, 4.69) is 59.5 Å². The minimum atomic E-state index is -0.704. The first-order valence-corrected chi connectivity index (χ1v) is 9.73. The van der Waals surface area contributed by atoms with E-state index in [1.807, 2.05) is 72.8 Å². The molecule has 0 aliphatic rings. The number of rotatable bonds is 6. The molecule has 0 bridgehead atoms. The van der Waals surface area contributed by atoms with Crippen molar-refractivity contribution in [2.45, 2.75) is 12.1 Å². The van der Waals surface area contributed by atoms with Crippen molar-refractivity contribution in [3.05, 3.63) is 144 Å². The molecule has 0 heterocycles. The molecular formula is C27H22N2. The molecule has 0 spiro atoms. The molecule has 0 fully saturated rings. The highest BCUT2D eigenvalue weighted by molar-refractivity contribution is 5.55. The monoisotopic (exact) mass is 374 g/mol. The lowest BCUT2D eigenvalue weighted by Gasteiger charge is -2.30. The van der Waals surface area contributed by atoms with Gasteiger partial charge in [-0.2, -0.15) is 0 Å². The standard InChI is InChI=1S/C27H22N2/c1-5-13-23(14-6-1)21-28-22-29-27(24-15-7-2-8-16-24,25-17-9-3-10-18-25)26-19-11-4-12-20-26/h1-20H,21H2. The van der Waals surface area contributed by atoms with E-state index in [9.17, 15) is 0 Å². The van der Waals surface area contributed by atoms with Crippen molar-refractivity contribution in [3.63, 3.8) is 0 Å². The molecule has 0 aromatic heterocycles. The summed E-state index contributed by atoms with van der Waals surface area (Å²) < 4.78 is 0. The van der Waals surface area contributed by atoms with Crippen molar-refractivity contribution >= 4 is 6.01 Å². The number of hydrogen-bond acceptors (Lipinski definition) is 2. The number of nitrogens with zero attached hydrogens (tertiary/aromatic N) is 2. The number of benzene rings is 4. The molecule has 0 radical (unpaired) electrons. The lowest BCUT2D eigenvalue weighted by atomic mass is 9.77. The topological polar surface area (TPSA) is 24.7 Å². The third-order valence-electron chi connectivity index (χ3n) is 4.97. The largest absolute Gasteiger partial charge is 0.221 e. The van der Waals surface area contributed by atoms with Crippen molar-refractivity contribution in [1.29, 1.82) is 0 Å². The summed E-state index contributed by atoms with van der Waals surface area (Å²) in [7, 11) is 0. The van der Waals surface area contributed by atoms with Crippen LogP contribution >= 0.6 is 0 Å². The maximum Gasteiger partial charge on any atom is 0.147 e. The summed E-state index contributed by atoms with van der Waals surface area (Å²) in [6.07, 6.45) is 0. The van der Waals surface area contributed by atoms with E-state index in [-0.39, 0.29) is 0 Å². The van der Waals surface area contributed by atoms with Crippen molar-refractivity contribution in [2.75, 3.05) is 0 Å². The normalized spacial score (nSPS) is 10.8. The molecule has 29 heavy (non-hydrogen) atoms. The summed E-state index contributed by atoms with van der Waals surface area (Å²) in [5.74, 6) is 0. The Morgan fingerprint density at radius 1 is 0.517 bits per heavy atom. The molecule has 0 aliphatic carbocycles. The van der Waals surface area contributed by atoms with E-state index in [0.29, 0.717) is 6.54 Å². The van der Waals surface area contributed by atoms with Gasteiger partial charge in [-0.1, -0.05) is 121 Å². The third kappa shape index (κ3) is 4.08. The average Bonchev–Trinajstić information content (AvgIpc) is 2.82. The van der Waals surface area contributed by atoms with Crippen LogP contribution in [0.4, 0.5) is 0 Å². The molecule has 4 aromatic rings. The Balaban J connectivity index is 1.87. The molecule has 4 aromatic carbocycles. The van der Waals surface area contributed by atoms with E-state index < -0.39 is 5.54 Å². The highest BCUT2D eigenvalue weighted by Crippen LogP contribution is 2.40. The van der Waals surface area contributed by atoms with Crippen molar-refractivity contribution < 1.29 is 0 Å². The van der Waals surface area contributed by atoms with Gasteiger partial charge in [0, 0.05) is 0 Å². The molecule has 0 atom stereocenters. The summed E-state index contributed by atoms with van der Waals surface area (Å²) in [4.78, 5) is 9.45. The minimum Gasteiger partial charge on any atom is -0.221 e. The number of aliphatic imine (C=N–C) groups is 2. The number of hydrogen-bond donors (Lipinski definition) is 0. The van der Waals surface area contributed by atoms with Crippen LogP contribution in [-0.4, -0.2) is 6.01 Å². The zero-order valence-electron chi connectivity index (χ0n) is 16.1. The van der Waals surface area contributed by atoms with Gasteiger partial charge >= 0.3 is 0 Å². The van der Waals surface area contributed by atoms with Gasteiger partial charge in [0.15, 0.2) is 0 Å². The molecule has 2 nitrogen and oxygen atoms in total. The van der Waals surface area contributed by atoms with Crippen molar-refractivity contribution in [2.24, 2.45) is 9.98 Å². The van der Waals surface area contributed by atoms with Gasteiger partial charge in [-0.3, -0.25) is 0 Å². The fourth-order valence-corrected chi connectivity index (χ4v) is 3.55. The Kier molecular flexibility index (Phi) is 5.76. The maximum atomic E-state index is 4.96. The van der Waals surface area contributed by atoms with Crippen molar-refractivity contribution in [1.82, 2.24) is 0 Å². The molecule has 0 aliphatic heterocycles. The van der Waals surface area contributed by atoms with E-state index >= 15 is 0 Å². The first kappa shape index (κ1) is 18.6. The van der Waals surface area contributed by atoms with Gasteiger partial charge in [-0.25, -0.2) is 9.98 Å². The Labute approximate surface area is 171 Å². The van der Waals surface area contributed by atoms with Crippen LogP contribution in [0.15, 0.2) is 131 Å². The summed E-state index contributed by atoms with van der Waals surface area (Å²) >= 11 is 0. The molecule has 0 amide bonds. The fraction of sp³-hybridized carbons (Fsp3) is 0.0741. The molecule has 2 heteroatoms. The maximum absolute atomic E-state index is 4.96. The first-order valence-electron chi connectivity index (χ1n) is 9.73. The van der Waals surface area contributed by atoms with E-state index in [4.69, 9.17) is 4.99 Å². The molecule has 0 saturated carbocycles. The predicted molar refractivity (Wildman–Crippen MR) is 119 cm³/mol. The van der Waals surface area contributed by atoms with Crippen LogP contribution in [0.1, 0.15) is 22.3 Å². The Bertz CT molecular complexity index is 986. The minimum absolute atomic E-state index is 0.554. The van der Waals surface area contributed by atoms with Crippen LogP contribution in [0.5, 0.6) is 0 Å². The Morgan fingerprint density at radius 2 is 0.897 bits per heavy atom. The summed E-state index contributed by atoms with van der Waals surface area (Å²) in [6.45, 7) is 0.554. The Hall–Kier alpha value is -3.74. The highest BCUT2D eigenvalue weighted by Gasteiger charge is 2.35. The van der Waals surface area contributed by atoms with Crippen molar-refractivity contribution in [3.8, 4) is 0 Å². The quantitative estimate of drug-likeness (QED) is 0.277. The zero-order valence-corrected chi connectivity index (χ0v) is 16.1. The smallest absolute Gasteiger partial charge is 0.147 e. The second-order valence-corrected chi connectivity index (χ2v) is 6.82. The predicted octanol–water partition coefficient (Wildman–Crippen LogP) is 6.35. The third-order valence-corrected chi connectivity index (χ3v) is 4.97. The van der Waals surface area contributed by atoms with Crippen LogP contribution in [-0.2, 0) is 12.1 Å². The lowest BCUT2D eigenvalue weighted by molar-refractivity contribution is 0.659. The van der Waals surface area contributed by atoms with Gasteiger partial charge in [-0.15, -0.1) is 0 Å². The van der Waals surface area contributed by atoms with E-state index in [1.165, 1.54) is 0 Å². The highest BCUT2D eigenvalue weighted by atomic mass is 14.9. The lowest BCUT2D eigenvalue weighted by Crippen LogP contribution is -2.26. The van der Waals surface area contributed by atoms with Gasteiger partial charge in [0.2, 0.25) is 0 Å². The Morgan fingerprint density at radius 3 is 1.31 bits per heavy atom. The van der Waals surface area contributed by atoms with Crippen LogP contribution in [0.25, 0.3) is 0 Å². The van der Waals surface area contributed by atoms with Crippen LogP contribution in [0, 0.1) is 0 Å². The fourth-order valence-electron chi connectivity index (χ4n) is 3.55. The van der Waals surface area contributed by atoms with E-state index in [0.717, 1.165) is 22.3 Å². The average molecular weight is 374 g/mol. The molecule has 0 unspecified atom stereocenters. The molecule has 0 saturated heterocycles. The SMILES string of the molecule is C(=NCc1ccccc1)=NC(c1ccccc1)(c1ccccc1)c1ccccc1. The van der Waals surface area contributed by atoms with Crippen LogP contribution in [0.3, 0.4) is 0 Å². The summed E-state index contributed by atoms with van der Waals surface area (Å²) in [5.41, 5.74) is 3.68. The molecular weight excluding hydrogens is 352 g/mol. The summed E-state index contributed by atoms with van der Waals surface area (Å²) in [5, 5.41) is 0.